The SMILES string of the molecule is Cc1nc(C)n(CCCNC(=O)c2cc3c(s2)CCC(C)C3)n1. The molecule has 0 radical (unpaired) electrons. The van der Waals surface area contributed by atoms with Gasteiger partial charge < -0.3 is 5.32 Å². The van der Waals surface area contributed by atoms with Gasteiger partial charge in [-0.2, -0.15) is 5.10 Å². The molecule has 2 aromatic heterocycles. The third kappa shape index (κ3) is 3.80. The molecular formula is C17H24N4OS. The highest BCUT2D eigenvalue weighted by Gasteiger charge is 2.20. The average molecular weight is 332 g/mol. The molecule has 1 aliphatic carbocycles. The fourth-order valence-electron chi connectivity index (χ4n) is 3.11. The molecule has 23 heavy (non-hydrogen) atoms. The molecule has 1 amide bonds. The summed E-state index contributed by atoms with van der Waals surface area (Å²) in [5, 5.41) is 7.36. The second-order valence-corrected chi connectivity index (χ2v) is 7.58. The highest BCUT2D eigenvalue weighted by atomic mass is 32.1. The molecule has 0 aliphatic heterocycles. The zero-order valence-electron chi connectivity index (χ0n) is 14.1. The van der Waals surface area contributed by atoms with Crippen molar-refractivity contribution in [2.24, 2.45) is 5.92 Å². The van der Waals surface area contributed by atoms with Gasteiger partial charge >= 0.3 is 0 Å². The van der Waals surface area contributed by atoms with Crippen LogP contribution in [0.5, 0.6) is 0 Å². The summed E-state index contributed by atoms with van der Waals surface area (Å²) in [5.74, 6) is 2.52. The maximum absolute atomic E-state index is 12.3. The molecule has 1 aliphatic rings. The Hall–Kier alpha value is -1.69. The molecule has 0 bridgehead atoms. The number of aryl methyl sites for hydroxylation is 4. The monoisotopic (exact) mass is 332 g/mol. The molecule has 0 saturated carbocycles. The van der Waals surface area contributed by atoms with E-state index < -0.39 is 0 Å². The summed E-state index contributed by atoms with van der Waals surface area (Å²) in [5.41, 5.74) is 1.38. The summed E-state index contributed by atoms with van der Waals surface area (Å²) in [4.78, 5) is 18.8. The summed E-state index contributed by atoms with van der Waals surface area (Å²) in [7, 11) is 0. The standard InChI is InChI=1S/C17H24N4OS/c1-11-5-6-15-14(9-11)10-16(23-15)17(22)18-7-4-8-21-13(3)19-12(2)20-21/h10-11H,4-9H2,1-3H3,(H,18,22). The van der Waals surface area contributed by atoms with Gasteiger partial charge in [0.15, 0.2) is 0 Å². The lowest BCUT2D eigenvalue weighted by molar-refractivity contribution is 0.0956. The van der Waals surface area contributed by atoms with Gasteiger partial charge in [0.1, 0.15) is 11.6 Å². The van der Waals surface area contributed by atoms with Crippen LogP contribution in [0.4, 0.5) is 0 Å². The topological polar surface area (TPSA) is 59.8 Å². The number of carbonyl (C=O) groups is 1. The van der Waals surface area contributed by atoms with Crippen LogP contribution < -0.4 is 5.32 Å². The largest absolute Gasteiger partial charge is 0.351 e. The highest BCUT2D eigenvalue weighted by molar-refractivity contribution is 7.14. The van der Waals surface area contributed by atoms with E-state index in [1.54, 1.807) is 11.3 Å². The number of carbonyl (C=O) groups excluding carboxylic acids is 1. The van der Waals surface area contributed by atoms with Crippen molar-refractivity contribution < 1.29 is 4.79 Å². The van der Waals surface area contributed by atoms with Crippen molar-refractivity contribution in [2.45, 2.75) is 53.0 Å². The van der Waals surface area contributed by atoms with E-state index in [0.717, 1.165) is 48.3 Å². The lowest BCUT2D eigenvalue weighted by Crippen LogP contribution is -2.24. The Bertz CT molecular complexity index is 704. The molecule has 0 fully saturated rings. The Labute approximate surface area is 141 Å². The number of aromatic nitrogens is 3. The van der Waals surface area contributed by atoms with Crippen molar-refractivity contribution in [1.29, 1.82) is 0 Å². The minimum atomic E-state index is 0.0588. The maximum Gasteiger partial charge on any atom is 0.261 e. The van der Waals surface area contributed by atoms with Gasteiger partial charge in [-0.15, -0.1) is 11.3 Å². The number of thiophene rings is 1. The van der Waals surface area contributed by atoms with Crippen LogP contribution in [0, 0.1) is 19.8 Å². The van der Waals surface area contributed by atoms with Crippen LogP contribution in [0.3, 0.4) is 0 Å². The zero-order chi connectivity index (χ0) is 16.4. The van der Waals surface area contributed by atoms with Crippen LogP contribution in [-0.4, -0.2) is 27.2 Å². The third-order valence-corrected chi connectivity index (χ3v) is 5.58. The van der Waals surface area contributed by atoms with E-state index in [1.165, 1.54) is 16.9 Å². The Morgan fingerprint density at radius 1 is 1.48 bits per heavy atom. The molecule has 6 heteroatoms. The summed E-state index contributed by atoms with van der Waals surface area (Å²) in [6.45, 7) is 7.58. The van der Waals surface area contributed by atoms with E-state index in [1.807, 2.05) is 18.5 Å². The van der Waals surface area contributed by atoms with E-state index in [9.17, 15) is 4.79 Å². The minimum absolute atomic E-state index is 0.0588. The predicted octanol–water partition coefficient (Wildman–Crippen LogP) is 2.90. The lowest BCUT2D eigenvalue weighted by atomic mass is 9.90. The number of amides is 1. The number of rotatable bonds is 5. The molecule has 5 nitrogen and oxygen atoms in total. The predicted molar refractivity (Wildman–Crippen MR) is 92.0 cm³/mol. The smallest absolute Gasteiger partial charge is 0.261 e. The van der Waals surface area contributed by atoms with Gasteiger partial charge in [-0.25, -0.2) is 4.98 Å². The summed E-state index contributed by atoms with van der Waals surface area (Å²) < 4.78 is 1.90. The second kappa shape index (κ2) is 6.83. The van der Waals surface area contributed by atoms with E-state index in [2.05, 4.69) is 28.4 Å². The first-order chi connectivity index (χ1) is 11.0. The van der Waals surface area contributed by atoms with Gasteiger partial charge in [0.25, 0.3) is 5.91 Å². The van der Waals surface area contributed by atoms with E-state index in [0.29, 0.717) is 6.54 Å². The Morgan fingerprint density at radius 2 is 2.30 bits per heavy atom. The van der Waals surface area contributed by atoms with E-state index in [-0.39, 0.29) is 5.91 Å². The van der Waals surface area contributed by atoms with Crippen LogP contribution in [0.2, 0.25) is 0 Å². The minimum Gasteiger partial charge on any atom is -0.351 e. The van der Waals surface area contributed by atoms with Crippen molar-refractivity contribution in [3.05, 3.63) is 33.0 Å². The van der Waals surface area contributed by atoms with E-state index in [4.69, 9.17) is 0 Å². The molecular weight excluding hydrogens is 308 g/mol. The fraction of sp³-hybridized carbons (Fsp3) is 0.588. The normalized spacial score (nSPS) is 17.1. The van der Waals surface area contributed by atoms with Gasteiger partial charge in [-0.05, 0) is 57.1 Å². The number of hydrogen-bond acceptors (Lipinski definition) is 4. The first kappa shape index (κ1) is 16.2. The van der Waals surface area contributed by atoms with Crippen LogP contribution in [-0.2, 0) is 19.4 Å². The Morgan fingerprint density at radius 3 is 3.04 bits per heavy atom. The quantitative estimate of drug-likeness (QED) is 0.857. The number of nitrogens with one attached hydrogen (secondary N) is 1. The van der Waals surface area contributed by atoms with Crippen LogP contribution >= 0.6 is 11.3 Å². The molecule has 2 heterocycles. The summed E-state index contributed by atoms with van der Waals surface area (Å²) in [6.07, 6.45) is 4.34. The van der Waals surface area contributed by atoms with Gasteiger partial charge in [0.2, 0.25) is 0 Å². The van der Waals surface area contributed by atoms with E-state index >= 15 is 0 Å². The fourth-order valence-corrected chi connectivity index (χ4v) is 4.23. The van der Waals surface area contributed by atoms with Crippen LogP contribution in [0.15, 0.2) is 6.07 Å². The van der Waals surface area contributed by atoms with Gasteiger partial charge in [-0.1, -0.05) is 6.92 Å². The third-order valence-electron chi connectivity index (χ3n) is 4.35. The molecule has 1 atom stereocenters. The van der Waals surface area contributed by atoms with Crippen molar-refractivity contribution in [3.8, 4) is 0 Å². The molecule has 2 aromatic rings. The first-order valence-electron chi connectivity index (χ1n) is 8.30. The van der Waals surface area contributed by atoms with Crippen molar-refractivity contribution in [2.75, 3.05) is 6.54 Å². The average Bonchev–Trinajstić information content (AvgIpc) is 3.06. The summed E-state index contributed by atoms with van der Waals surface area (Å²) in [6, 6.07) is 2.09. The molecule has 1 N–H and O–H groups in total. The van der Waals surface area contributed by atoms with Crippen LogP contribution in [0.1, 0.15) is 51.5 Å². The number of fused-ring (bicyclic) bond motifs is 1. The van der Waals surface area contributed by atoms with Gasteiger partial charge in [0.05, 0.1) is 4.88 Å². The van der Waals surface area contributed by atoms with Gasteiger partial charge in [-0.3, -0.25) is 9.48 Å². The van der Waals surface area contributed by atoms with Gasteiger partial charge in [0, 0.05) is 18.0 Å². The van der Waals surface area contributed by atoms with Crippen molar-refractivity contribution in [1.82, 2.24) is 20.1 Å². The van der Waals surface area contributed by atoms with Crippen LogP contribution in [0.25, 0.3) is 0 Å². The lowest BCUT2D eigenvalue weighted by Gasteiger charge is -2.16. The summed E-state index contributed by atoms with van der Waals surface area (Å²) >= 11 is 1.67. The van der Waals surface area contributed by atoms with Crippen molar-refractivity contribution in [3.63, 3.8) is 0 Å². The van der Waals surface area contributed by atoms with Crippen molar-refractivity contribution >= 4 is 17.2 Å². The molecule has 3 rings (SSSR count). The highest BCUT2D eigenvalue weighted by Crippen LogP contribution is 2.32. The number of hydrogen-bond donors (Lipinski definition) is 1. The Kier molecular flexibility index (Phi) is 4.80. The first-order valence-corrected chi connectivity index (χ1v) is 9.12. The Balaban J connectivity index is 1.49. The maximum atomic E-state index is 12.3. The zero-order valence-corrected chi connectivity index (χ0v) is 14.9. The molecule has 0 saturated heterocycles. The molecule has 0 spiro atoms. The number of nitrogens with zero attached hydrogens (tertiary/aromatic N) is 3. The molecule has 124 valence electrons. The molecule has 1 unspecified atom stereocenters. The molecule has 0 aromatic carbocycles. The second-order valence-electron chi connectivity index (χ2n) is 6.45.